The minimum Gasteiger partial charge on any atom is -0.395 e. The maximum atomic E-state index is 12.2. The van der Waals surface area contributed by atoms with Crippen LogP contribution in [0.1, 0.15) is 52.4 Å². The second kappa shape index (κ2) is 6.74. The summed E-state index contributed by atoms with van der Waals surface area (Å²) in [7, 11) is 0. The van der Waals surface area contributed by atoms with Crippen molar-refractivity contribution in [2.45, 2.75) is 52.4 Å². The van der Waals surface area contributed by atoms with Crippen molar-refractivity contribution >= 4 is 5.91 Å². The molecule has 0 aromatic carbocycles. The fraction of sp³-hybridized carbons (Fsp3) is 0.938. The van der Waals surface area contributed by atoms with Gasteiger partial charge in [-0.25, -0.2) is 0 Å². The number of unbranched alkanes of at least 4 members (excludes halogenated alkanes) is 1. The number of rotatable bonds is 7. The second-order valence-electron chi connectivity index (χ2n) is 6.52. The Morgan fingerprint density at radius 3 is 2.63 bits per heavy atom. The highest BCUT2D eigenvalue weighted by Crippen LogP contribution is 2.52. The quantitative estimate of drug-likeness (QED) is 0.770. The summed E-state index contributed by atoms with van der Waals surface area (Å²) >= 11 is 0. The lowest BCUT2D eigenvalue weighted by Gasteiger charge is -2.33. The van der Waals surface area contributed by atoms with Crippen molar-refractivity contribution in [1.29, 1.82) is 0 Å². The van der Waals surface area contributed by atoms with Gasteiger partial charge in [-0.2, -0.15) is 0 Å². The maximum Gasteiger partial charge on any atom is 0.222 e. The van der Waals surface area contributed by atoms with Crippen LogP contribution in [0.3, 0.4) is 0 Å². The third-order valence-corrected chi connectivity index (χ3v) is 5.44. The molecule has 0 aliphatic heterocycles. The maximum absolute atomic E-state index is 12.2. The molecule has 1 N–H and O–H groups in total. The minimum absolute atomic E-state index is 0.0903. The van der Waals surface area contributed by atoms with E-state index >= 15 is 0 Å². The molecule has 4 unspecified atom stereocenters. The van der Waals surface area contributed by atoms with Crippen LogP contribution in [0.15, 0.2) is 0 Å². The molecule has 3 heteroatoms. The fourth-order valence-electron chi connectivity index (χ4n) is 4.19. The van der Waals surface area contributed by atoms with Crippen LogP contribution in [-0.2, 0) is 4.79 Å². The predicted octanol–water partition coefficient (Wildman–Crippen LogP) is 2.68. The van der Waals surface area contributed by atoms with Crippen molar-refractivity contribution in [3.63, 3.8) is 0 Å². The number of hydrogen-bond acceptors (Lipinski definition) is 2. The highest BCUT2D eigenvalue weighted by molar-refractivity contribution is 5.76. The summed E-state index contributed by atoms with van der Waals surface area (Å²) in [5.74, 6) is 3.41. The van der Waals surface area contributed by atoms with Crippen molar-refractivity contribution in [1.82, 2.24) is 4.90 Å². The van der Waals surface area contributed by atoms with Gasteiger partial charge in [0, 0.05) is 19.5 Å². The van der Waals surface area contributed by atoms with E-state index in [0.717, 1.165) is 37.1 Å². The van der Waals surface area contributed by atoms with Crippen molar-refractivity contribution in [2.24, 2.45) is 23.7 Å². The number of hydrogen-bond donors (Lipinski definition) is 1. The Kier molecular flexibility index (Phi) is 5.26. The second-order valence-corrected chi connectivity index (χ2v) is 6.52. The van der Waals surface area contributed by atoms with Crippen LogP contribution >= 0.6 is 0 Å². The zero-order valence-corrected chi connectivity index (χ0v) is 12.5. The van der Waals surface area contributed by atoms with Crippen LogP contribution in [0, 0.1) is 23.7 Å². The van der Waals surface area contributed by atoms with Gasteiger partial charge < -0.3 is 10.0 Å². The van der Waals surface area contributed by atoms with Crippen LogP contribution in [0.4, 0.5) is 0 Å². The van der Waals surface area contributed by atoms with Crippen molar-refractivity contribution in [3.8, 4) is 0 Å². The summed E-state index contributed by atoms with van der Waals surface area (Å²) in [5.41, 5.74) is 0. The molecule has 3 nitrogen and oxygen atoms in total. The van der Waals surface area contributed by atoms with Gasteiger partial charge >= 0.3 is 0 Å². The summed E-state index contributed by atoms with van der Waals surface area (Å²) in [4.78, 5) is 14.1. The SMILES string of the molecule is CCCCC(=O)N(CCO)CC1C2CCC(C2)C1C. The molecule has 0 saturated heterocycles. The summed E-state index contributed by atoms with van der Waals surface area (Å²) < 4.78 is 0. The van der Waals surface area contributed by atoms with Gasteiger partial charge in [0.05, 0.1) is 6.61 Å². The average Bonchev–Trinajstić information content (AvgIpc) is 2.98. The topological polar surface area (TPSA) is 40.5 Å². The lowest BCUT2D eigenvalue weighted by atomic mass is 9.80. The van der Waals surface area contributed by atoms with E-state index in [9.17, 15) is 9.90 Å². The van der Waals surface area contributed by atoms with Crippen LogP contribution in [-0.4, -0.2) is 35.6 Å². The number of carbonyl (C=O) groups is 1. The number of amides is 1. The smallest absolute Gasteiger partial charge is 0.222 e. The van der Waals surface area contributed by atoms with Gasteiger partial charge in [0.25, 0.3) is 0 Å². The molecule has 2 aliphatic carbocycles. The van der Waals surface area contributed by atoms with Crippen molar-refractivity contribution in [3.05, 3.63) is 0 Å². The zero-order valence-electron chi connectivity index (χ0n) is 12.5. The first-order chi connectivity index (χ1) is 9.17. The van der Waals surface area contributed by atoms with Crippen LogP contribution in [0.25, 0.3) is 0 Å². The van der Waals surface area contributed by atoms with E-state index < -0.39 is 0 Å². The Morgan fingerprint density at radius 2 is 2.05 bits per heavy atom. The summed E-state index contributed by atoms with van der Waals surface area (Å²) in [6.45, 7) is 5.96. The van der Waals surface area contributed by atoms with Gasteiger partial charge in [0.2, 0.25) is 5.91 Å². The van der Waals surface area contributed by atoms with Crippen LogP contribution < -0.4 is 0 Å². The molecular weight excluding hydrogens is 238 g/mol. The first-order valence-corrected chi connectivity index (χ1v) is 8.06. The molecule has 2 rings (SSSR count). The molecule has 0 radical (unpaired) electrons. The third-order valence-electron chi connectivity index (χ3n) is 5.44. The van der Waals surface area contributed by atoms with Gasteiger partial charge in [-0.1, -0.05) is 20.3 Å². The number of carbonyl (C=O) groups excluding carboxylic acids is 1. The molecule has 19 heavy (non-hydrogen) atoms. The lowest BCUT2D eigenvalue weighted by Crippen LogP contribution is -2.40. The highest BCUT2D eigenvalue weighted by Gasteiger charge is 2.45. The van der Waals surface area contributed by atoms with Gasteiger partial charge in [-0.15, -0.1) is 0 Å². The Morgan fingerprint density at radius 1 is 1.32 bits per heavy atom. The lowest BCUT2D eigenvalue weighted by molar-refractivity contribution is -0.133. The Labute approximate surface area is 117 Å². The van der Waals surface area contributed by atoms with Gasteiger partial charge in [0.1, 0.15) is 0 Å². The molecule has 0 spiro atoms. The van der Waals surface area contributed by atoms with E-state index in [0.29, 0.717) is 18.9 Å². The number of nitrogens with zero attached hydrogens (tertiary/aromatic N) is 1. The van der Waals surface area contributed by atoms with Crippen LogP contribution in [0.5, 0.6) is 0 Å². The van der Waals surface area contributed by atoms with Crippen molar-refractivity contribution in [2.75, 3.05) is 19.7 Å². The molecule has 0 heterocycles. The first kappa shape index (κ1) is 14.8. The van der Waals surface area contributed by atoms with Gasteiger partial charge in [0.15, 0.2) is 0 Å². The Balaban J connectivity index is 1.91. The largest absolute Gasteiger partial charge is 0.395 e. The number of aliphatic hydroxyl groups is 1. The van der Waals surface area contributed by atoms with E-state index in [1.165, 1.54) is 19.3 Å². The van der Waals surface area contributed by atoms with E-state index in [-0.39, 0.29) is 12.5 Å². The number of fused-ring (bicyclic) bond motifs is 2. The molecule has 2 bridgehead atoms. The summed E-state index contributed by atoms with van der Waals surface area (Å²) in [6.07, 6.45) is 6.80. The van der Waals surface area contributed by atoms with E-state index in [1.807, 2.05) is 4.90 Å². The third kappa shape index (κ3) is 3.31. The predicted molar refractivity (Wildman–Crippen MR) is 76.7 cm³/mol. The molecule has 2 fully saturated rings. The molecule has 4 atom stereocenters. The zero-order chi connectivity index (χ0) is 13.8. The molecule has 0 aromatic heterocycles. The highest BCUT2D eigenvalue weighted by atomic mass is 16.3. The Bertz CT molecular complexity index is 303. The minimum atomic E-state index is 0.0903. The molecule has 2 saturated carbocycles. The van der Waals surface area contributed by atoms with Gasteiger partial charge in [-0.3, -0.25) is 4.79 Å². The van der Waals surface area contributed by atoms with E-state index in [2.05, 4.69) is 13.8 Å². The molecule has 2 aliphatic rings. The fourth-order valence-corrected chi connectivity index (χ4v) is 4.19. The summed E-state index contributed by atoms with van der Waals surface area (Å²) in [6, 6.07) is 0. The number of aliphatic hydroxyl groups excluding tert-OH is 1. The van der Waals surface area contributed by atoms with Crippen LogP contribution in [0.2, 0.25) is 0 Å². The van der Waals surface area contributed by atoms with Crippen molar-refractivity contribution < 1.29 is 9.90 Å². The average molecular weight is 267 g/mol. The summed E-state index contributed by atoms with van der Waals surface area (Å²) in [5, 5.41) is 9.19. The normalized spacial score (nSPS) is 32.8. The Hall–Kier alpha value is -0.570. The molecule has 0 aromatic rings. The first-order valence-electron chi connectivity index (χ1n) is 8.06. The molecule has 1 amide bonds. The van der Waals surface area contributed by atoms with E-state index in [1.54, 1.807) is 0 Å². The van der Waals surface area contributed by atoms with E-state index in [4.69, 9.17) is 0 Å². The molecule has 110 valence electrons. The molecular formula is C16H29NO2. The monoisotopic (exact) mass is 267 g/mol. The van der Waals surface area contributed by atoms with Gasteiger partial charge in [-0.05, 0) is 49.4 Å². The standard InChI is InChI=1S/C16H29NO2/c1-3-4-5-16(19)17(8-9-18)11-15-12(2)13-6-7-14(15)10-13/h12-15,18H,3-11H2,1-2H3.